The van der Waals surface area contributed by atoms with Gasteiger partial charge in [0.05, 0.1) is 6.04 Å². The Morgan fingerprint density at radius 2 is 1.86 bits per heavy atom. The van der Waals surface area contributed by atoms with E-state index in [1.807, 2.05) is 6.92 Å². The Hall–Kier alpha value is -2.08. The third-order valence-electron chi connectivity index (χ3n) is 3.51. The Balaban J connectivity index is 2.64. The summed E-state index contributed by atoms with van der Waals surface area (Å²) in [7, 11) is 0. The SMILES string of the molecule is CCC(C)[C@H](NC(=O)[C@@H](N)Cc1ccc(O)cc1)C(=O)O. The minimum Gasteiger partial charge on any atom is -0.508 e. The number of rotatable bonds is 7. The maximum Gasteiger partial charge on any atom is 0.326 e. The van der Waals surface area contributed by atoms with E-state index < -0.39 is 24.0 Å². The van der Waals surface area contributed by atoms with Crippen molar-refractivity contribution >= 4 is 11.9 Å². The molecule has 5 N–H and O–H groups in total. The summed E-state index contributed by atoms with van der Waals surface area (Å²) in [6.07, 6.45) is 0.920. The summed E-state index contributed by atoms with van der Waals surface area (Å²) < 4.78 is 0. The fraction of sp³-hybridized carbons (Fsp3) is 0.467. The van der Waals surface area contributed by atoms with Gasteiger partial charge in [0.2, 0.25) is 5.91 Å². The Morgan fingerprint density at radius 1 is 1.29 bits per heavy atom. The standard InChI is InChI=1S/C15H22N2O4/c1-3-9(2)13(15(20)21)17-14(19)12(16)8-10-4-6-11(18)7-5-10/h4-7,9,12-13,18H,3,8,16H2,1-2H3,(H,17,19)(H,20,21)/t9?,12-,13-/m0/s1. The first-order chi connectivity index (χ1) is 9.85. The molecule has 0 saturated heterocycles. The van der Waals surface area contributed by atoms with Crippen molar-refractivity contribution in [3.8, 4) is 5.75 Å². The van der Waals surface area contributed by atoms with Gasteiger partial charge in [-0.3, -0.25) is 4.79 Å². The summed E-state index contributed by atoms with van der Waals surface area (Å²) >= 11 is 0. The third kappa shape index (κ3) is 5.07. The lowest BCUT2D eigenvalue weighted by Gasteiger charge is -2.22. The molecule has 1 rings (SSSR count). The van der Waals surface area contributed by atoms with Crippen molar-refractivity contribution in [3.05, 3.63) is 29.8 Å². The molecular weight excluding hydrogens is 272 g/mol. The van der Waals surface area contributed by atoms with Crippen LogP contribution in [0.15, 0.2) is 24.3 Å². The number of carboxylic acids is 1. The molecule has 3 atom stereocenters. The van der Waals surface area contributed by atoms with Crippen molar-refractivity contribution in [1.82, 2.24) is 5.32 Å². The van der Waals surface area contributed by atoms with Crippen molar-refractivity contribution in [2.24, 2.45) is 11.7 Å². The minimum atomic E-state index is -1.06. The molecule has 6 nitrogen and oxygen atoms in total. The molecule has 0 fully saturated rings. The topological polar surface area (TPSA) is 113 Å². The van der Waals surface area contributed by atoms with Crippen LogP contribution in [0.1, 0.15) is 25.8 Å². The molecule has 0 saturated carbocycles. The van der Waals surface area contributed by atoms with E-state index in [1.54, 1.807) is 19.1 Å². The lowest BCUT2D eigenvalue weighted by molar-refractivity contribution is -0.143. The lowest BCUT2D eigenvalue weighted by Crippen LogP contribution is -2.51. The number of hydrogen-bond acceptors (Lipinski definition) is 4. The van der Waals surface area contributed by atoms with Crippen molar-refractivity contribution in [1.29, 1.82) is 0 Å². The first-order valence-electron chi connectivity index (χ1n) is 6.91. The van der Waals surface area contributed by atoms with Crippen LogP contribution >= 0.6 is 0 Å². The number of amides is 1. The van der Waals surface area contributed by atoms with Gasteiger partial charge in [0.1, 0.15) is 11.8 Å². The van der Waals surface area contributed by atoms with Crippen LogP contribution in [0.5, 0.6) is 5.75 Å². The number of hydrogen-bond donors (Lipinski definition) is 4. The smallest absolute Gasteiger partial charge is 0.326 e. The number of nitrogens with one attached hydrogen (secondary N) is 1. The number of benzene rings is 1. The number of carbonyl (C=O) groups is 2. The lowest BCUT2D eigenvalue weighted by atomic mass is 9.98. The van der Waals surface area contributed by atoms with Gasteiger partial charge < -0.3 is 21.3 Å². The Morgan fingerprint density at radius 3 is 2.33 bits per heavy atom. The highest BCUT2D eigenvalue weighted by Gasteiger charge is 2.27. The number of aliphatic carboxylic acids is 1. The molecule has 1 aromatic rings. The number of nitrogens with two attached hydrogens (primary N) is 1. The van der Waals surface area contributed by atoms with Gasteiger partial charge in [0.15, 0.2) is 0 Å². The van der Waals surface area contributed by atoms with E-state index in [-0.39, 0.29) is 18.1 Å². The van der Waals surface area contributed by atoms with Crippen LogP contribution in [0, 0.1) is 5.92 Å². The number of aromatic hydroxyl groups is 1. The van der Waals surface area contributed by atoms with Crippen LogP contribution in [0.25, 0.3) is 0 Å². The molecule has 116 valence electrons. The summed E-state index contributed by atoms with van der Waals surface area (Å²) in [5, 5.41) is 20.8. The summed E-state index contributed by atoms with van der Waals surface area (Å²) in [4.78, 5) is 23.2. The normalized spacial score (nSPS) is 15.0. The maximum absolute atomic E-state index is 12.0. The van der Waals surface area contributed by atoms with E-state index in [9.17, 15) is 14.7 Å². The number of phenolic OH excluding ortho intramolecular Hbond substituents is 1. The zero-order valence-electron chi connectivity index (χ0n) is 12.2. The van der Waals surface area contributed by atoms with Gasteiger partial charge in [-0.15, -0.1) is 0 Å². The van der Waals surface area contributed by atoms with Crippen molar-refractivity contribution in [2.75, 3.05) is 0 Å². The van der Waals surface area contributed by atoms with Gasteiger partial charge >= 0.3 is 5.97 Å². The van der Waals surface area contributed by atoms with Crippen LogP contribution in [-0.4, -0.2) is 34.2 Å². The second-order valence-electron chi connectivity index (χ2n) is 5.19. The van der Waals surface area contributed by atoms with Crippen LogP contribution in [0.3, 0.4) is 0 Å². The predicted octanol–water partition coefficient (Wildman–Crippen LogP) is 0.877. The van der Waals surface area contributed by atoms with Gasteiger partial charge in [-0.05, 0) is 30.0 Å². The van der Waals surface area contributed by atoms with E-state index in [1.165, 1.54) is 12.1 Å². The van der Waals surface area contributed by atoms with E-state index >= 15 is 0 Å². The van der Waals surface area contributed by atoms with E-state index in [0.29, 0.717) is 6.42 Å². The highest BCUT2D eigenvalue weighted by Crippen LogP contribution is 2.12. The van der Waals surface area contributed by atoms with Gasteiger partial charge in [-0.2, -0.15) is 0 Å². The fourth-order valence-electron chi connectivity index (χ4n) is 1.92. The van der Waals surface area contributed by atoms with Crippen LogP contribution in [0.2, 0.25) is 0 Å². The monoisotopic (exact) mass is 294 g/mol. The average molecular weight is 294 g/mol. The van der Waals surface area contributed by atoms with Crippen LogP contribution in [0.4, 0.5) is 0 Å². The molecule has 1 unspecified atom stereocenters. The second-order valence-corrected chi connectivity index (χ2v) is 5.19. The minimum absolute atomic E-state index is 0.138. The molecule has 0 aliphatic heterocycles. The average Bonchev–Trinajstić information content (AvgIpc) is 2.45. The number of phenols is 1. The predicted molar refractivity (Wildman–Crippen MR) is 78.8 cm³/mol. The fourth-order valence-corrected chi connectivity index (χ4v) is 1.92. The Bertz CT molecular complexity index is 487. The highest BCUT2D eigenvalue weighted by molar-refractivity contribution is 5.87. The first-order valence-corrected chi connectivity index (χ1v) is 6.91. The summed E-state index contributed by atoms with van der Waals surface area (Å²) in [6, 6.07) is 4.60. The maximum atomic E-state index is 12.0. The van der Waals surface area contributed by atoms with E-state index in [0.717, 1.165) is 5.56 Å². The molecule has 0 aromatic heterocycles. The van der Waals surface area contributed by atoms with Crippen molar-refractivity contribution < 1.29 is 19.8 Å². The van der Waals surface area contributed by atoms with Gasteiger partial charge in [-0.25, -0.2) is 4.79 Å². The molecule has 0 aliphatic rings. The molecule has 0 heterocycles. The third-order valence-corrected chi connectivity index (χ3v) is 3.51. The van der Waals surface area contributed by atoms with Crippen LogP contribution in [-0.2, 0) is 16.0 Å². The molecule has 1 amide bonds. The molecule has 21 heavy (non-hydrogen) atoms. The summed E-state index contributed by atoms with van der Waals surface area (Å²) in [5.74, 6) is -1.59. The van der Waals surface area contributed by atoms with Crippen molar-refractivity contribution in [3.63, 3.8) is 0 Å². The van der Waals surface area contributed by atoms with Crippen molar-refractivity contribution in [2.45, 2.75) is 38.8 Å². The van der Waals surface area contributed by atoms with E-state index in [2.05, 4.69) is 5.32 Å². The van der Waals surface area contributed by atoms with Gasteiger partial charge in [-0.1, -0.05) is 32.4 Å². The molecule has 0 spiro atoms. The Kier molecular flexibility index (Phi) is 6.17. The summed E-state index contributed by atoms with van der Waals surface area (Å²) in [6.45, 7) is 3.63. The zero-order chi connectivity index (χ0) is 16.0. The zero-order valence-corrected chi connectivity index (χ0v) is 12.2. The second kappa shape index (κ2) is 7.64. The molecular formula is C15H22N2O4. The molecule has 0 radical (unpaired) electrons. The molecule has 6 heteroatoms. The molecule has 1 aromatic carbocycles. The number of carboxylic acid groups (broad SMARTS) is 1. The van der Waals surface area contributed by atoms with Crippen LogP contribution < -0.4 is 11.1 Å². The Labute approximate surface area is 124 Å². The first kappa shape index (κ1) is 17.0. The number of carbonyl (C=O) groups excluding carboxylic acids is 1. The van der Waals surface area contributed by atoms with E-state index in [4.69, 9.17) is 10.8 Å². The highest BCUT2D eigenvalue weighted by atomic mass is 16.4. The molecule has 0 bridgehead atoms. The van der Waals surface area contributed by atoms with Gasteiger partial charge in [0, 0.05) is 0 Å². The molecule has 0 aliphatic carbocycles. The quantitative estimate of drug-likeness (QED) is 0.596. The van der Waals surface area contributed by atoms with Gasteiger partial charge in [0.25, 0.3) is 0 Å². The summed E-state index contributed by atoms with van der Waals surface area (Å²) in [5.41, 5.74) is 6.61. The largest absolute Gasteiger partial charge is 0.508 e.